The van der Waals surface area contributed by atoms with E-state index in [4.69, 9.17) is 21.1 Å². The van der Waals surface area contributed by atoms with Crippen LogP contribution in [-0.4, -0.2) is 104 Å². The molecule has 1 saturated carbocycles. The highest BCUT2D eigenvalue weighted by atomic mass is 35.5. The fraction of sp³-hybridized carbons (Fsp3) is 0.449. The van der Waals surface area contributed by atoms with Crippen molar-refractivity contribution in [2.75, 3.05) is 69.2 Å². The summed E-state index contributed by atoms with van der Waals surface area (Å²) in [5.41, 5.74) is 4.01. The Labute approximate surface area is 395 Å². The van der Waals surface area contributed by atoms with Crippen molar-refractivity contribution in [2.24, 2.45) is 11.3 Å². The number of benzene rings is 3. The zero-order valence-corrected chi connectivity index (χ0v) is 39.2. The Morgan fingerprint density at radius 3 is 2.58 bits per heavy atom. The van der Waals surface area contributed by atoms with Gasteiger partial charge >= 0.3 is 5.97 Å². The van der Waals surface area contributed by atoms with Crippen molar-refractivity contribution in [1.29, 1.82) is 0 Å². The fourth-order valence-corrected chi connectivity index (χ4v) is 11.9. The van der Waals surface area contributed by atoms with Crippen LogP contribution < -0.4 is 19.7 Å². The molecule has 1 spiro atoms. The van der Waals surface area contributed by atoms with E-state index in [2.05, 4.69) is 40.8 Å². The fourth-order valence-electron chi connectivity index (χ4n) is 10.6. The molecule has 3 N–H and O–H groups in total. The first kappa shape index (κ1) is 46.4. The van der Waals surface area contributed by atoms with Gasteiger partial charge in [-0.3, -0.25) is 24.6 Å². The number of sulfonamides is 1. The maximum Gasteiger partial charge on any atom is 0.307 e. The number of anilines is 2. The molecule has 2 aliphatic heterocycles. The van der Waals surface area contributed by atoms with Crippen LogP contribution in [0.5, 0.6) is 11.5 Å². The number of aromatic amines is 1. The third-order valence-corrected chi connectivity index (χ3v) is 15.9. The first-order valence-electron chi connectivity index (χ1n) is 23.4. The van der Waals surface area contributed by atoms with Crippen LogP contribution >= 0.6 is 11.6 Å². The van der Waals surface area contributed by atoms with Crippen molar-refractivity contribution in [1.82, 2.24) is 24.5 Å². The topological polar surface area (TPSA) is 192 Å². The summed E-state index contributed by atoms with van der Waals surface area (Å²) >= 11 is 6.66. The van der Waals surface area contributed by atoms with Gasteiger partial charge in [-0.25, -0.2) is 18.1 Å². The number of ether oxygens (including phenoxy) is 2. The van der Waals surface area contributed by atoms with Crippen LogP contribution in [-0.2, 0) is 26.0 Å². The molecule has 0 unspecified atom stereocenters. The summed E-state index contributed by atoms with van der Waals surface area (Å²) in [5, 5.41) is 17.1. The molecule has 3 fully saturated rings. The average Bonchev–Trinajstić information content (AvgIpc) is 3.67. The normalized spacial score (nSPS) is 19.0. The van der Waals surface area contributed by atoms with Crippen molar-refractivity contribution >= 4 is 61.6 Å². The predicted molar refractivity (Wildman–Crippen MR) is 256 cm³/mol. The van der Waals surface area contributed by atoms with Crippen molar-refractivity contribution in [3.63, 3.8) is 0 Å². The number of esters is 1. The second kappa shape index (κ2) is 19.8. The monoisotopic (exact) mass is 952 g/mol. The quantitative estimate of drug-likeness (QED) is 0.0392. The number of piperazine rings is 1. The van der Waals surface area contributed by atoms with E-state index in [1.165, 1.54) is 29.5 Å². The van der Waals surface area contributed by atoms with Gasteiger partial charge in [0.2, 0.25) is 0 Å². The number of halogens is 1. The highest BCUT2D eigenvalue weighted by Gasteiger charge is 2.45. The smallest absolute Gasteiger partial charge is 0.307 e. The van der Waals surface area contributed by atoms with Crippen molar-refractivity contribution < 1.29 is 32.4 Å². The molecule has 0 radical (unpaired) electrons. The van der Waals surface area contributed by atoms with Gasteiger partial charge in [0.15, 0.2) is 0 Å². The van der Waals surface area contributed by atoms with E-state index in [1.807, 2.05) is 18.2 Å². The first-order valence-corrected chi connectivity index (χ1v) is 25.2. The van der Waals surface area contributed by atoms with Crippen molar-refractivity contribution in [2.45, 2.75) is 75.6 Å². The summed E-state index contributed by atoms with van der Waals surface area (Å²) in [6.45, 7) is 8.28. The van der Waals surface area contributed by atoms with Crippen LogP contribution in [0.1, 0.15) is 85.8 Å². The second-order valence-corrected chi connectivity index (χ2v) is 20.5. The van der Waals surface area contributed by atoms with E-state index >= 15 is 0 Å². The zero-order chi connectivity index (χ0) is 46.7. The molecule has 1 atom stereocenters. The third-order valence-electron chi connectivity index (χ3n) is 14.2. The summed E-state index contributed by atoms with van der Waals surface area (Å²) in [5.74, 6) is -0.347. The van der Waals surface area contributed by atoms with Gasteiger partial charge in [0, 0.05) is 79.7 Å². The molecule has 4 aliphatic rings. The average molecular weight is 954 g/mol. The third kappa shape index (κ3) is 10.4. The number of piperidine rings is 1. The lowest BCUT2D eigenvalue weighted by Gasteiger charge is -2.52. The molecule has 3 aromatic carbocycles. The summed E-state index contributed by atoms with van der Waals surface area (Å²) in [6, 6.07) is 18.8. The van der Waals surface area contributed by atoms with Crippen LogP contribution in [0.3, 0.4) is 0 Å². The van der Waals surface area contributed by atoms with Gasteiger partial charge in [0.1, 0.15) is 22.8 Å². The van der Waals surface area contributed by atoms with Crippen molar-refractivity contribution in [3.05, 3.63) is 111 Å². The minimum absolute atomic E-state index is 0.0412. The Bertz CT molecular complexity index is 2740. The largest absolute Gasteiger partial charge is 0.466 e. The van der Waals surface area contributed by atoms with Gasteiger partial charge in [0.05, 0.1) is 34.6 Å². The predicted octanol–water partition coefficient (Wildman–Crippen LogP) is 8.48. The van der Waals surface area contributed by atoms with Gasteiger partial charge in [-0.05, 0) is 130 Å². The lowest BCUT2D eigenvalue weighted by atomic mass is 9.57. The maximum atomic E-state index is 14.0. The molecular weight excluding hydrogens is 896 g/mol. The van der Waals surface area contributed by atoms with Crippen LogP contribution in [0.25, 0.3) is 11.0 Å². The van der Waals surface area contributed by atoms with Crippen LogP contribution in [0.2, 0.25) is 5.02 Å². The molecule has 1 amide bonds. The van der Waals surface area contributed by atoms with E-state index in [9.17, 15) is 28.1 Å². The van der Waals surface area contributed by atoms with Crippen LogP contribution in [0.15, 0.2) is 84.0 Å². The highest BCUT2D eigenvalue weighted by Crippen LogP contribution is 2.52. The first-order chi connectivity index (χ1) is 32.4. The Kier molecular flexibility index (Phi) is 13.7. The van der Waals surface area contributed by atoms with Gasteiger partial charge in [0.25, 0.3) is 21.6 Å². The SMILES string of the molecule is CCOC(=O)CCN1CCC2(CC1)CC(CNc1ccc(S(=O)(=O)NC(=O)c3ccc(N4CCN([C@@H]5CCCCc6c(Cl)cccc65)CC4)cc3Oc3cnc4[nH]ccc4c3)cc1[N+](=O)[O-])C2. The number of H-pyrrole nitrogens is 1. The van der Waals surface area contributed by atoms with Crippen LogP contribution in [0, 0.1) is 21.4 Å². The Hall–Kier alpha value is -5.75. The molecule has 67 heavy (non-hydrogen) atoms. The standard InChI is InChI=1S/C49H57ClN8O8S/c1-2-65-46(59)15-19-55-20-16-49(17-21-55)29-33(30-49)31-52-42-13-11-37(28-44(42)58(61)62)67(63,64)54-48(60)40-12-10-35(27-45(40)66-36-26-34-14-18-51-47(34)53-32-36)56-22-24-57(25-23-56)43-9-4-3-6-38-39(43)7-5-8-41(38)50/h5,7-8,10-14,18,26-28,32-33,43,52H,2-4,6,9,15-17,19-25,29-31H2,1H3,(H,51,53)(H,54,60)/t43-/m1/s1. The summed E-state index contributed by atoms with van der Waals surface area (Å²) in [7, 11) is -4.58. The Morgan fingerprint density at radius 2 is 1.81 bits per heavy atom. The van der Waals surface area contributed by atoms with Gasteiger partial charge < -0.3 is 29.6 Å². The lowest BCUT2D eigenvalue weighted by Crippen LogP contribution is -2.48. The summed E-state index contributed by atoms with van der Waals surface area (Å²) in [6.07, 6.45) is 12.0. The minimum atomic E-state index is -4.58. The number of likely N-dealkylation sites (tertiary alicyclic amines) is 1. The number of nitrogens with zero attached hydrogens (tertiary/aromatic N) is 5. The number of rotatable bonds is 15. The number of aromatic nitrogens is 2. The van der Waals surface area contributed by atoms with Crippen LogP contribution in [0.4, 0.5) is 17.1 Å². The number of hydrogen-bond acceptors (Lipinski definition) is 13. The number of amides is 1. The maximum absolute atomic E-state index is 14.0. The molecule has 5 aromatic rings. The summed E-state index contributed by atoms with van der Waals surface area (Å²) < 4.78 is 41.2. The molecular formula is C49H57ClN8O8S. The van der Waals surface area contributed by atoms with E-state index < -0.39 is 31.4 Å². The number of fused-ring (bicyclic) bond motifs is 2. The van der Waals surface area contributed by atoms with Gasteiger partial charge in [-0.1, -0.05) is 30.2 Å². The lowest BCUT2D eigenvalue weighted by molar-refractivity contribution is -0.384. The number of nitro benzene ring substituents is 1. The Balaban J connectivity index is 0.863. The minimum Gasteiger partial charge on any atom is -0.466 e. The Morgan fingerprint density at radius 1 is 1.00 bits per heavy atom. The van der Waals surface area contributed by atoms with Gasteiger partial charge in [-0.15, -0.1) is 0 Å². The number of hydrogen-bond donors (Lipinski definition) is 3. The number of carbonyl (C=O) groups excluding carboxylic acids is 2. The molecule has 18 heteroatoms. The highest BCUT2D eigenvalue weighted by molar-refractivity contribution is 7.90. The molecule has 16 nitrogen and oxygen atoms in total. The molecule has 2 aliphatic carbocycles. The number of nitrogens with one attached hydrogen (secondary N) is 3. The molecule has 9 rings (SSSR count). The molecule has 4 heterocycles. The van der Waals surface area contributed by atoms with Gasteiger partial charge in [-0.2, -0.15) is 0 Å². The zero-order valence-electron chi connectivity index (χ0n) is 37.7. The van der Waals surface area contributed by atoms with E-state index in [0.717, 1.165) is 99.7 Å². The number of pyridine rings is 1. The second-order valence-electron chi connectivity index (χ2n) is 18.4. The van der Waals surface area contributed by atoms with E-state index in [1.54, 1.807) is 37.4 Å². The molecule has 0 bridgehead atoms. The number of nitro groups is 1. The van der Waals surface area contributed by atoms with E-state index in [0.29, 0.717) is 56.5 Å². The molecule has 354 valence electrons. The summed E-state index contributed by atoms with van der Waals surface area (Å²) in [4.78, 5) is 51.6. The number of carbonyl (C=O) groups is 2. The van der Waals surface area contributed by atoms with Crippen molar-refractivity contribution in [3.8, 4) is 11.5 Å². The molecule has 2 saturated heterocycles. The molecule has 2 aromatic heterocycles. The van der Waals surface area contributed by atoms with E-state index in [-0.39, 0.29) is 34.4 Å².